The second-order valence-corrected chi connectivity index (χ2v) is 15.9. The fourth-order valence-electron chi connectivity index (χ4n) is 4.57. The molecule has 44 heavy (non-hydrogen) atoms. The molecule has 0 saturated carbocycles. The number of hydrogen-bond donors (Lipinski definition) is 3. The Labute approximate surface area is 268 Å². The van der Waals surface area contributed by atoms with Gasteiger partial charge in [-0.05, 0) is 19.3 Å². The molecule has 3 N–H and O–H groups in total. The van der Waals surface area contributed by atoms with Crippen molar-refractivity contribution in [1.82, 2.24) is 0 Å². The summed E-state index contributed by atoms with van der Waals surface area (Å²) in [4.78, 5) is 20.6. The third kappa shape index (κ3) is 25.2. The van der Waals surface area contributed by atoms with Crippen molar-refractivity contribution in [3.8, 4) is 0 Å². The van der Waals surface area contributed by atoms with Gasteiger partial charge in [-0.15, -0.1) is 0 Å². The maximum absolute atomic E-state index is 12.7. The molecule has 0 bridgehead atoms. The fraction of sp³-hybridized carbons (Fsp3) is 1.00. The molecule has 5 unspecified atom stereocenters. The lowest BCUT2D eigenvalue weighted by molar-refractivity contribution is -0.0259. The topological polar surface area (TPSA) is 150 Å². The molecule has 0 rings (SSSR count). The van der Waals surface area contributed by atoms with E-state index in [1.54, 1.807) is 6.92 Å². The average molecular weight is 677 g/mol. The second-order valence-electron chi connectivity index (χ2n) is 11.5. The Kier molecular flexibility index (Phi) is 29.3. The standard InChI is InChI=1S/C31H66O11P2/c1-5-8-10-12-14-17-29(4)43(33,34)42-28-30(32)27-40-24-23-38-20-19-37-21-22-39-25-26-41-44(35,36)31(16-7-3)18-15-13-11-9-6-2/h29-32H,5-28H2,1-4H3,(H,33,34)(H,35,36). The minimum absolute atomic E-state index is 0.0175. The molecule has 0 spiro atoms. The van der Waals surface area contributed by atoms with Crippen LogP contribution >= 0.6 is 15.2 Å². The quantitative estimate of drug-likeness (QED) is 0.0473. The summed E-state index contributed by atoms with van der Waals surface area (Å²) in [6.45, 7) is 10.1. The molecule has 0 aliphatic carbocycles. The van der Waals surface area contributed by atoms with Crippen LogP contribution in [0.3, 0.4) is 0 Å². The summed E-state index contributed by atoms with van der Waals surface area (Å²) < 4.78 is 57.2. The zero-order valence-electron chi connectivity index (χ0n) is 28.2. The first-order valence-electron chi connectivity index (χ1n) is 17.0. The van der Waals surface area contributed by atoms with Gasteiger partial charge >= 0.3 is 15.2 Å². The van der Waals surface area contributed by atoms with Crippen molar-refractivity contribution in [3.05, 3.63) is 0 Å². The molecule has 266 valence electrons. The van der Waals surface area contributed by atoms with E-state index in [1.807, 2.05) is 6.92 Å². The Morgan fingerprint density at radius 2 is 1.00 bits per heavy atom. The highest BCUT2D eigenvalue weighted by Gasteiger charge is 2.31. The van der Waals surface area contributed by atoms with Crippen molar-refractivity contribution in [2.24, 2.45) is 0 Å². The molecule has 11 nitrogen and oxygen atoms in total. The van der Waals surface area contributed by atoms with Gasteiger partial charge in [0.25, 0.3) is 0 Å². The molecule has 0 aromatic heterocycles. The molecule has 0 saturated heterocycles. The van der Waals surface area contributed by atoms with Crippen LogP contribution in [-0.2, 0) is 37.1 Å². The van der Waals surface area contributed by atoms with E-state index < -0.39 is 27.0 Å². The lowest BCUT2D eigenvalue weighted by Gasteiger charge is -2.22. The predicted molar refractivity (Wildman–Crippen MR) is 176 cm³/mol. The molecular weight excluding hydrogens is 610 g/mol. The molecule has 0 aromatic rings. The monoisotopic (exact) mass is 676 g/mol. The first-order valence-corrected chi connectivity index (χ1v) is 20.3. The summed E-state index contributed by atoms with van der Waals surface area (Å²) in [6.07, 6.45) is 12.9. The number of hydrogen-bond acceptors (Lipinski definition) is 9. The minimum atomic E-state index is -3.77. The molecule has 0 aliphatic rings. The van der Waals surface area contributed by atoms with E-state index in [0.29, 0.717) is 45.9 Å². The molecule has 0 aliphatic heterocycles. The third-order valence-corrected chi connectivity index (χ3v) is 11.3. The van der Waals surface area contributed by atoms with Gasteiger partial charge in [0.15, 0.2) is 0 Å². The molecule has 5 atom stereocenters. The molecule has 13 heteroatoms. The highest BCUT2D eigenvalue weighted by molar-refractivity contribution is 7.53. The number of ether oxygens (including phenoxy) is 4. The zero-order valence-corrected chi connectivity index (χ0v) is 30.0. The summed E-state index contributed by atoms with van der Waals surface area (Å²) in [6, 6.07) is 0. The van der Waals surface area contributed by atoms with Crippen LogP contribution in [0.5, 0.6) is 0 Å². The number of rotatable bonds is 34. The Morgan fingerprint density at radius 1 is 0.523 bits per heavy atom. The van der Waals surface area contributed by atoms with Crippen molar-refractivity contribution >= 4 is 15.2 Å². The second kappa shape index (κ2) is 29.3. The van der Waals surface area contributed by atoms with Crippen molar-refractivity contribution in [2.75, 3.05) is 66.1 Å². The van der Waals surface area contributed by atoms with Crippen molar-refractivity contribution in [2.45, 2.75) is 135 Å². The van der Waals surface area contributed by atoms with Crippen LogP contribution in [0.1, 0.15) is 118 Å². The van der Waals surface area contributed by atoms with Gasteiger partial charge in [-0.25, -0.2) is 0 Å². The van der Waals surface area contributed by atoms with Crippen molar-refractivity contribution < 1.29 is 52.0 Å². The lowest BCUT2D eigenvalue weighted by atomic mass is 10.1. The van der Waals surface area contributed by atoms with E-state index in [2.05, 4.69) is 13.8 Å². The fourth-order valence-corrected chi connectivity index (χ4v) is 7.36. The molecule has 0 amide bonds. The highest BCUT2D eigenvalue weighted by Crippen LogP contribution is 2.51. The summed E-state index contributed by atoms with van der Waals surface area (Å²) in [5.41, 5.74) is -0.769. The van der Waals surface area contributed by atoms with Gasteiger partial charge < -0.3 is 42.9 Å². The maximum atomic E-state index is 12.7. The SMILES string of the molecule is CCCCCCCC(C)P(=O)(O)OCC(O)COCCOCCOCCOCCOP(=O)(O)C(CCC)CCCCCCC. The van der Waals surface area contributed by atoms with Crippen LogP contribution in [0.15, 0.2) is 0 Å². The van der Waals surface area contributed by atoms with Crippen molar-refractivity contribution in [3.63, 3.8) is 0 Å². The number of unbranched alkanes of at least 4 members (excludes halogenated alkanes) is 8. The van der Waals surface area contributed by atoms with E-state index in [0.717, 1.165) is 51.4 Å². The van der Waals surface area contributed by atoms with Crippen LogP contribution in [-0.4, -0.2) is 98.4 Å². The smallest absolute Gasteiger partial charge is 0.331 e. The molecule has 0 aromatic carbocycles. The van der Waals surface area contributed by atoms with Crippen LogP contribution in [0.4, 0.5) is 0 Å². The lowest BCUT2D eigenvalue weighted by Crippen LogP contribution is -2.23. The third-order valence-electron chi connectivity index (χ3n) is 7.39. The van der Waals surface area contributed by atoms with Gasteiger partial charge in [0.05, 0.1) is 77.4 Å². The van der Waals surface area contributed by atoms with E-state index >= 15 is 0 Å². The molecule has 0 radical (unpaired) electrons. The Morgan fingerprint density at radius 3 is 1.52 bits per heavy atom. The zero-order chi connectivity index (χ0) is 32.9. The van der Waals surface area contributed by atoms with Gasteiger partial charge in [0, 0.05) is 0 Å². The first kappa shape index (κ1) is 44.1. The number of aliphatic hydroxyl groups is 1. The van der Waals surface area contributed by atoms with E-state index in [9.17, 15) is 24.0 Å². The van der Waals surface area contributed by atoms with E-state index in [4.69, 9.17) is 28.0 Å². The number of aliphatic hydroxyl groups excluding tert-OH is 1. The predicted octanol–water partition coefficient (Wildman–Crippen LogP) is 7.10. The minimum Gasteiger partial charge on any atom is -0.388 e. The van der Waals surface area contributed by atoms with E-state index in [1.165, 1.54) is 25.7 Å². The summed E-state index contributed by atoms with van der Waals surface area (Å²) in [5.74, 6) is 0. The summed E-state index contributed by atoms with van der Waals surface area (Å²) in [5, 5.41) is 10.00. The van der Waals surface area contributed by atoms with Crippen LogP contribution in [0, 0.1) is 0 Å². The average Bonchev–Trinajstić information content (AvgIpc) is 2.99. The van der Waals surface area contributed by atoms with E-state index in [-0.39, 0.29) is 38.7 Å². The van der Waals surface area contributed by atoms with Gasteiger partial charge in [0.1, 0.15) is 6.10 Å². The van der Waals surface area contributed by atoms with Gasteiger partial charge in [0.2, 0.25) is 0 Å². The van der Waals surface area contributed by atoms with Crippen LogP contribution in [0.25, 0.3) is 0 Å². The van der Waals surface area contributed by atoms with Crippen LogP contribution in [0.2, 0.25) is 0 Å². The molecule has 0 heterocycles. The summed E-state index contributed by atoms with van der Waals surface area (Å²) >= 11 is 0. The Bertz CT molecular complexity index is 729. The summed E-state index contributed by atoms with van der Waals surface area (Å²) in [7, 11) is -7.44. The maximum Gasteiger partial charge on any atom is 0.331 e. The highest BCUT2D eigenvalue weighted by atomic mass is 31.2. The molecule has 0 fully saturated rings. The van der Waals surface area contributed by atoms with Gasteiger partial charge in [-0.2, -0.15) is 0 Å². The first-order chi connectivity index (χ1) is 21.1. The van der Waals surface area contributed by atoms with Crippen LogP contribution < -0.4 is 0 Å². The van der Waals surface area contributed by atoms with Gasteiger partial charge in [-0.3, -0.25) is 9.13 Å². The molecular formula is C31H66O11P2. The Balaban J connectivity index is 3.72. The largest absolute Gasteiger partial charge is 0.388 e. The van der Waals surface area contributed by atoms with Gasteiger partial charge in [-0.1, -0.05) is 98.3 Å². The Hall–Kier alpha value is 0.1000. The normalized spacial score (nSPS) is 16.8. The van der Waals surface area contributed by atoms with Crippen molar-refractivity contribution in [1.29, 1.82) is 0 Å².